The third-order valence-corrected chi connectivity index (χ3v) is 5.14. The topological polar surface area (TPSA) is 95.7 Å². The molecule has 1 atom stereocenters. The van der Waals surface area contributed by atoms with Gasteiger partial charge in [-0.3, -0.25) is 4.79 Å². The summed E-state index contributed by atoms with van der Waals surface area (Å²) in [5.74, 6) is 1.24. The summed E-state index contributed by atoms with van der Waals surface area (Å²) in [6.45, 7) is 4.42. The third-order valence-electron chi connectivity index (χ3n) is 4.21. The lowest BCUT2D eigenvalue weighted by molar-refractivity contribution is 0.104. The zero-order chi connectivity index (χ0) is 19.6. The molecule has 1 heterocycles. The minimum Gasteiger partial charge on any atom is -0.493 e. The monoisotopic (exact) mass is 387 g/mol. The third kappa shape index (κ3) is 4.37. The molecular weight excluding hydrogens is 366 g/mol. The highest BCUT2D eigenvalue weighted by Crippen LogP contribution is 2.35. The Morgan fingerprint density at radius 2 is 2.00 bits per heavy atom. The summed E-state index contributed by atoms with van der Waals surface area (Å²) in [5, 5.41) is 5.06. The highest BCUT2D eigenvalue weighted by Gasteiger charge is 2.21. The Morgan fingerprint density at radius 1 is 1.30 bits per heavy atom. The number of carbonyl (C=O) groups excluding carboxylic acids is 1. The normalized spacial score (nSPS) is 16.2. The van der Waals surface area contributed by atoms with Gasteiger partial charge in [-0.1, -0.05) is 0 Å². The maximum atomic E-state index is 12.4. The largest absolute Gasteiger partial charge is 0.493 e. The summed E-state index contributed by atoms with van der Waals surface area (Å²) < 4.78 is 34.0. The number of fused-ring (bicyclic) bond motifs is 1. The maximum Gasteiger partial charge on any atom is 0.238 e. The predicted molar refractivity (Wildman–Crippen MR) is 103 cm³/mol. The van der Waals surface area contributed by atoms with Crippen molar-refractivity contribution in [1.82, 2.24) is 0 Å². The van der Waals surface area contributed by atoms with Crippen LogP contribution in [0.25, 0.3) is 6.08 Å². The fourth-order valence-corrected chi connectivity index (χ4v) is 3.45. The highest BCUT2D eigenvalue weighted by molar-refractivity contribution is 7.89. The Bertz CT molecular complexity index is 994. The molecule has 0 bridgehead atoms. The van der Waals surface area contributed by atoms with E-state index in [1.165, 1.54) is 30.3 Å². The number of sulfonamides is 1. The Labute approximate surface area is 158 Å². The van der Waals surface area contributed by atoms with Crippen molar-refractivity contribution in [3.63, 3.8) is 0 Å². The fourth-order valence-electron chi connectivity index (χ4n) is 2.94. The number of primary sulfonamides is 1. The zero-order valence-corrected chi connectivity index (χ0v) is 16.0. The smallest absolute Gasteiger partial charge is 0.238 e. The highest BCUT2D eigenvalue weighted by atomic mass is 32.2. The van der Waals surface area contributed by atoms with Gasteiger partial charge in [0.05, 0.1) is 11.5 Å². The summed E-state index contributed by atoms with van der Waals surface area (Å²) in [7, 11) is -3.78. The molecule has 2 aromatic carbocycles. The van der Waals surface area contributed by atoms with Gasteiger partial charge < -0.3 is 9.47 Å². The van der Waals surface area contributed by atoms with Crippen molar-refractivity contribution in [1.29, 1.82) is 0 Å². The van der Waals surface area contributed by atoms with Crippen LogP contribution in [0.3, 0.4) is 0 Å². The second-order valence-corrected chi connectivity index (χ2v) is 7.89. The summed E-state index contributed by atoms with van der Waals surface area (Å²) in [6, 6.07) is 9.32. The van der Waals surface area contributed by atoms with Gasteiger partial charge >= 0.3 is 0 Å². The molecule has 3 rings (SSSR count). The van der Waals surface area contributed by atoms with Crippen molar-refractivity contribution in [2.45, 2.75) is 31.3 Å². The van der Waals surface area contributed by atoms with Crippen LogP contribution in [0.1, 0.15) is 35.3 Å². The first kappa shape index (κ1) is 19.1. The Balaban J connectivity index is 1.85. The van der Waals surface area contributed by atoms with Gasteiger partial charge in [-0.05, 0) is 62.4 Å². The number of allylic oxidation sites excluding steroid dienone is 1. The number of carbonyl (C=O) groups is 1. The van der Waals surface area contributed by atoms with Crippen LogP contribution in [0.15, 0.2) is 47.4 Å². The molecule has 0 saturated carbocycles. The number of benzene rings is 2. The molecule has 0 amide bonds. The van der Waals surface area contributed by atoms with Gasteiger partial charge in [0.15, 0.2) is 5.78 Å². The predicted octanol–water partition coefficient (Wildman–Crippen LogP) is 2.95. The number of hydrogen-bond donors (Lipinski definition) is 1. The van der Waals surface area contributed by atoms with Crippen LogP contribution in [-0.4, -0.2) is 26.9 Å². The van der Waals surface area contributed by atoms with E-state index in [0.717, 1.165) is 23.3 Å². The van der Waals surface area contributed by atoms with Crippen molar-refractivity contribution >= 4 is 21.9 Å². The molecule has 2 N–H and O–H groups in total. The van der Waals surface area contributed by atoms with Gasteiger partial charge in [0.25, 0.3) is 0 Å². The number of rotatable bonds is 6. The summed E-state index contributed by atoms with van der Waals surface area (Å²) in [6.07, 6.45) is 4.05. The number of ketones is 1. The summed E-state index contributed by atoms with van der Waals surface area (Å²) >= 11 is 0. The van der Waals surface area contributed by atoms with Crippen LogP contribution in [0, 0.1) is 0 Å². The van der Waals surface area contributed by atoms with E-state index in [1.807, 2.05) is 26.0 Å². The molecule has 0 spiro atoms. The van der Waals surface area contributed by atoms with E-state index < -0.39 is 10.0 Å². The van der Waals surface area contributed by atoms with E-state index in [2.05, 4.69) is 0 Å². The number of hydrogen-bond acceptors (Lipinski definition) is 5. The Kier molecular flexibility index (Phi) is 5.34. The van der Waals surface area contributed by atoms with E-state index in [1.54, 1.807) is 6.08 Å². The maximum absolute atomic E-state index is 12.4. The van der Waals surface area contributed by atoms with Gasteiger partial charge in [0.2, 0.25) is 10.0 Å². The molecule has 1 unspecified atom stereocenters. The van der Waals surface area contributed by atoms with Crippen LogP contribution in [0.2, 0.25) is 0 Å². The van der Waals surface area contributed by atoms with E-state index in [4.69, 9.17) is 14.6 Å². The average Bonchev–Trinajstić information content (AvgIpc) is 2.98. The molecule has 0 aromatic heterocycles. The van der Waals surface area contributed by atoms with Crippen LogP contribution in [0.5, 0.6) is 11.5 Å². The summed E-state index contributed by atoms with van der Waals surface area (Å²) in [5.41, 5.74) is 2.20. The van der Waals surface area contributed by atoms with Crippen molar-refractivity contribution in [3.05, 3.63) is 59.2 Å². The average molecular weight is 387 g/mol. The number of ether oxygens (including phenoxy) is 2. The van der Waals surface area contributed by atoms with Crippen molar-refractivity contribution in [2.75, 3.05) is 6.61 Å². The first-order chi connectivity index (χ1) is 12.8. The molecule has 1 aliphatic rings. The van der Waals surface area contributed by atoms with Gasteiger partial charge in [0.1, 0.15) is 17.6 Å². The molecule has 0 fully saturated rings. The van der Waals surface area contributed by atoms with Crippen LogP contribution < -0.4 is 14.6 Å². The fraction of sp³-hybridized carbons (Fsp3) is 0.250. The Hall–Kier alpha value is -2.64. The molecule has 7 heteroatoms. The van der Waals surface area contributed by atoms with Crippen molar-refractivity contribution < 1.29 is 22.7 Å². The van der Waals surface area contributed by atoms with E-state index in [-0.39, 0.29) is 16.8 Å². The lowest BCUT2D eigenvalue weighted by atomic mass is 10.0. The van der Waals surface area contributed by atoms with Gasteiger partial charge in [-0.2, -0.15) is 0 Å². The molecule has 0 saturated heterocycles. The molecule has 0 radical (unpaired) electrons. The second kappa shape index (κ2) is 7.54. The van der Waals surface area contributed by atoms with E-state index in [0.29, 0.717) is 17.9 Å². The standard InChI is InChI=1S/C20H21NO5S/c1-3-25-19-12-16-10-13(2)26-20(16)11-15(19)6-9-18(22)14-4-7-17(8-5-14)27(21,23)24/h4-9,11-13H,3,10H2,1-2H3,(H2,21,23,24). The number of nitrogens with two attached hydrogens (primary N) is 1. The SMILES string of the molecule is CCOc1cc2c(cc1C=CC(=O)c1ccc(S(N)(=O)=O)cc1)OC(C)C2. The molecule has 0 aliphatic carbocycles. The lowest BCUT2D eigenvalue weighted by Gasteiger charge is -2.10. The molecule has 2 aromatic rings. The molecule has 27 heavy (non-hydrogen) atoms. The molecule has 142 valence electrons. The molecule has 1 aliphatic heterocycles. The quantitative estimate of drug-likeness (QED) is 0.607. The lowest BCUT2D eigenvalue weighted by Crippen LogP contribution is -2.12. The first-order valence-corrected chi connectivity index (χ1v) is 10.1. The second-order valence-electron chi connectivity index (χ2n) is 6.33. The van der Waals surface area contributed by atoms with Crippen LogP contribution in [-0.2, 0) is 16.4 Å². The molecule has 6 nitrogen and oxygen atoms in total. The van der Waals surface area contributed by atoms with E-state index in [9.17, 15) is 13.2 Å². The minimum absolute atomic E-state index is 0.0356. The summed E-state index contributed by atoms with van der Waals surface area (Å²) in [4.78, 5) is 12.4. The van der Waals surface area contributed by atoms with Gasteiger partial charge in [0, 0.05) is 23.1 Å². The van der Waals surface area contributed by atoms with Crippen LogP contribution >= 0.6 is 0 Å². The van der Waals surface area contributed by atoms with Crippen molar-refractivity contribution in [3.8, 4) is 11.5 Å². The van der Waals surface area contributed by atoms with E-state index >= 15 is 0 Å². The van der Waals surface area contributed by atoms with Crippen molar-refractivity contribution in [2.24, 2.45) is 5.14 Å². The Morgan fingerprint density at radius 3 is 2.63 bits per heavy atom. The van der Waals surface area contributed by atoms with Crippen LogP contribution in [0.4, 0.5) is 0 Å². The van der Waals surface area contributed by atoms with Gasteiger partial charge in [-0.15, -0.1) is 0 Å². The first-order valence-electron chi connectivity index (χ1n) is 8.59. The minimum atomic E-state index is -3.78. The zero-order valence-electron chi connectivity index (χ0n) is 15.1. The van der Waals surface area contributed by atoms with Gasteiger partial charge in [-0.25, -0.2) is 13.6 Å². The molecular formula is C20H21NO5S.